The van der Waals surface area contributed by atoms with Gasteiger partial charge in [0.2, 0.25) is 17.8 Å². The monoisotopic (exact) mass is 482 g/mol. The minimum Gasteiger partial charge on any atom is -0.341 e. The van der Waals surface area contributed by atoms with E-state index >= 15 is 0 Å². The fraction of sp³-hybridized carbons (Fsp3) is 0.500. The van der Waals surface area contributed by atoms with Crippen LogP contribution in [0.3, 0.4) is 0 Å². The summed E-state index contributed by atoms with van der Waals surface area (Å²) in [5.74, 6) is -0.192. The van der Waals surface area contributed by atoms with Crippen molar-refractivity contribution in [3.63, 3.8) is 0 Å². The summed E-state index contributed by atoms with van der Waals surface area (Å²) in [5.41, 5.74) is -1.21. The third kappa shape index (κ3) is 4.12. The number of anilines is 2. The molecule has 34 heavy (non-hydrogen) atoms. The van der Waals surface area contributed by atoms with E-state index < -0.39 is 30.3 Å². The predicted molar refractivity (Wildman–Crippen MR) is 109 cm³/mol. The van der Waals surface area contributed by atoms with Crippen LogP contribution in [0.4, 0.5) is 33.8 Å². The molecule has 2 aliphatic rings. The Hall–Kier alpha value is -3.45. The van der Waals surface area contributed by atoms with Gasteiger partial charge in [-0.1, -0.05) is 0 Å². The maximum atomic E-state index is 13.0. The number of nitrogens with zero attached hydrogens (tertiary/aromatic N) is 8. The Bertz CT molecular complexity index is 1220. The molecule has 5 heterocycles. The standard InChI is InChI=1S/C20H19F5N8O/c21-14(22)10-33-16-12(9-28-33)8-27-17(30-16)31-5-2-19(3-6-31)7-15(34)32(11-19)18-26-4-1-13(29-18)20(23,24)25/h1,4,8-9,14H,2-3,5-7,10-11H2. The Morgan fingerprint density at radius 2 is 1.82 bits per heavy atom. The van der Waals surface area contributed by atoms with Crippen molar-refractivity contribution < 1.29 is 26.7 Å². The first kappa shape index (κ1) is 22.3. The number of rotatable bonds is 4. The molecule has 0 aromatic carbocycles. The van der Waals surface area contributed by atoms with Gasteiger partial charge in [-0.25, -0.2) is 28.4 Å². The van der Waals surface area contributed by atoms with E-state index in [1.165, 1.54) is 17.3 Å². The lowest BCUT2D eigenvalue weighted by molar-refractivity contribution is -0.141. The van der Waals surface area contributed by atoms with E-state index in [0.717, 1.165) is 16.9 Å². The second kappa shape index (κ2) is 8.09. The number of halogens is 5. The van der Waals surface area contributed by atoms with Crippen LogP contribution in [-0.2, 0) is 17.5 Å². The van der Waals surface area contributed by atoms with Gasteiger partial charge in [0.1, 0.15) is 12.2 Å². The second-order valence-electron chi connectivity index (χ2n) is 8.55. The van der Waals surface area contributed by atoms with E-state index in [-0.39, 0.29) is 24.8 Å². The summed E-state index contributed by atoms with van der Waals surface area (Å²) in [4.78, 5) is 31.9. The van der Waals surface area contributed by atoms with Gasteiger partial charge >= 0.3 is 6.18 Å². The smallest absolute Gasteiger partial charge is 0.341 e. The van der Waals surface area contributed by atoms with Crippen molar-refractivity contribution in [2.75, 3.05) is 29.4 Å². The zero-order valence-electron chi connectivity index (χ0n) is 17.7. The molecule has 2 aliphatic heterocycles. The van der Waals surface area contributed by atoms with Gasteiger partial charge in [0.25, 0.3) is 6.43 Å². The molecule has 0 aliphatic carbocycles. The van der Waals surface area contributed by atoms with Crippen molar-refractivity contribution in [2.45, 2.75) is 38.4 Å². The van der Waals surface area contributed by atoms with Crippen LogP contribution < -0.4 is 9.80 Å². The Kier molecular flexibility index (Phi) is 5.32. The van der Waals surface area contributed by atoms with Crippen LogP contribution in [0.5, 0.6) is 0 Å². The normalized spacial score (nSPS) is 18.6. The van der Waals surface area contributed by atoms with Gasteiger partial charge in [-0.05, 0) is 18.9 Å². The number of hydrogen-bond acceptors (Lipinski definition) is 7. The number of carbonyl (C=O) groups is 1. The van der Waals surface area contributed by atoms with Crippen molar-refractivity contribution in [3.05, 3.63) is 30.4 Å². The highest BCUT2D eigenvalue weighted by atomic mass is 19.4. The van der Waals surface area contributed by atoms with E-state index in [2.05, 4.69) is 25.0 Å². The molecular weight excluding hydrogens is 463 g/mol. The molecule has 0 radical (unpaired) electrons. The first-order valence-corrected chi connectivity index (χ1v) is 10.6. The van der Waals surface area contributed by atoms with Gasteiger partial charge in [-0.3, -0.25) is 9.69 Å². The summed E-state index contributed by atoms with van der Waals surface area (Å²) < 4.78 is 65.8. The highest BCUT2D eigenvalue weighted by Gasteiger charge is 2.47. The minimum atomic E-state index is -4.63. The minimum absolute atomic E-state index is 0.182. The average Bonchev–Trinajstić information content (AvgIpc) is 3.33. The summed E-state index contributed by atoms with van der Waals surface area (Å²) in [6.45, 7) is 0.652. The number of carbonyl (C=O) groups excluding carboxylic acids is 1. The molecule has 9 nitrogen and oxygen atoms in total. The maximum absolute atomic E-state index is 13.0. The molecule has 0 unspecified atom stereocenters. The Morgan fingerprint density at radius 3 is 2.53 bits per heavy atom. The van der Waals surface area contributed by atoms with Gasteiger partial charge in [0.15, 0.2) is 5.65 Å². The van der Waals surface area contributed by atoms with Gasteiger partial charge in [-0.2, -0.15) is 23.3 Å². The quantitative estimate of drug-likeness (QED) is 0.528. The summed E-state index contributed by atoms with van der Waals surface area (Å²) >= 11 is 0. The molecule has 1 amide bonds. The molecular formula is C20H19F5N8O. The van der Waals surface area contributed by atoms with Crippen molar-refractivity contribution in [2.24, 2.45) is 5.41 Å². The molecule has 180 valence electrons. The van der Waals surface area contributed by atoms with Crippen LogP contribution in [0.2, 0.25) is 0 Å². The number of fused-ring (bicyclic) bond motifs is 1. The SMILES string of the molecule is O=C1CC2(CCN(c3ncc4cnn(CC(F)F)c4n3)CC2)CN1c1nccc(C(F)(F)F)n1. The van der Waals surface area contributed by atoms with Crippen LogP contribution in [-0.4, -0.2) is 61.7 Å². The van der Waals surface area contributed by atoms with E-state index in [0.29, 0.717) is 42.9 Å². The van der Waals surface area contributed by atoms with Crippen molar-refractivity contribution in [1.82, 2.24) is 29.7 Å². The Morgan fingerprint density at radius 1 is 1.06 bits per heavy atom. The zero-order chi connectivity index (χ0) is 24.1. The lowest BCUT2D eigenvalue weighted by atomic mass is 9.78. The molecule has 14 heteroatoms. The third-order valence-electron chi connectivity index (χ3n) is 6.28. The predicted octanol–water partition coefficient (Wildman–Crippen LogP) is 2.92. The Labute approximate surface area is 189 Å². The van der Waals surface area contributed by atoms with E-state index in [9.17, 15) is 26.7 Å². The average molecular weight is 482 g/mol. The number of aromatic nitrogens is 6. The molecule has 2 saturated heterocycles. The first-order chi connectivity index (χ1) is 16.1. The van der Waals surface area contributed by atoms with Crippen molar-refractivity contribution in [1.29, 1.82) is 0 Å². The maximum Gasteiger partial charge on any atom is 0.433 e. The van der Waals surface area contributed by atoms with Gasteiger partial charge in [-0.15, -0.1) is 0 Å². The van der Waals surface area contributed by atoms with Crippen LogP contribution in [0, 0.1) is 5.41 Å². The molecule has 5 rings (SSSR count). The molecule has 2 fully saturated rings. The van der Waals surface area contributed by atoms with Gasteiger partial charge < -0.3 is 4.90 Å². The molecule has 0 saturated carbocycles. The third-order valence-corrected chi connectivity index (χ3v) is 6.28. The van der Waals surface area contributed by atoms with Gasteiger partial charge in [0, 0.05) is 43.9 Å². The number of amides is 1. The number of piperidine rings is 1. The number of alkyl halides is 5. The summed E-state index contributed by atoms with van der Waals surface area (Å²) in [7, 11) is 0. The van der Waals surface area contributed by atoms with Crippen LogP contribution in [0.15, 0.2) is 24.7 Å². The molecule has 0 atom stereocenters. The first-order valence-electron chi connectivity index (χ1n) is 10.6. The Balaban J connectivity index is 1.30. The molecule has 1 spiro atoms. The molecule has 3 aromatic rings. The molecule has 0 bridgehead atoms. The number of hydrogen-bond donors (Lipinski definition) is 0. The zero-order valence-corrected chi connectivity index (χ0v) is 17.7. The molecule has 0 N–H and O–H groups in total. The summed E-state index contributed by atoms with van der Waals surface area (Å²) in [6, 6.07) is 0.766. The lowest BCUT2D eigenvalue weighted by Crippen LogP contribution is -2.42. The largest absolute Gasteiger partial charge is 0.433 e. The second-order valence-corrected chi connectivity index (χ2v) is 8.55. The fourth-order valence-electron chi connectivity index (χ4n) is 4.50. The van der Waals surface area contributed by atoms with Crippen molar-refractivity contribution in [3.8, 4) is 0 Å². The van der Waals surface area contributed by atoms with Crippen LogP contribution in [0.1, 0.15) is 25.0 Å². The van der Waals surface area contributed by atoms with E-state index in [1.807, 2.05) is 4.90 Å². The van der Waals surface area contributed by atoms with E-state index in [1.54, 1.807) is 0 Å². The summed E-state index contributed by atoms with van der Waals surface area (Å²) in [6.07, 6.45) is -1.91. The highest BCUT2D eigenvalue weighted by molar-refractivity contribution is 5.94. The van der Waals surface area contributed by atoms with Gasteiger partial charge in [0.05, 0.1) is 11.6 Å². The highest BCUT2D eigenvalue weighted by Crippen LogP contribution is 2.42. The topological polar surface area (TPSA) is 92.9 Å². The van der Waals surface area contributed by atoms with Crippen molar-refractivity contribution >= 4 is 28.8 Å². The van der Waals surface area contributed by atoms with Crippen LogP contribution in [0.25, 0.3) is 11.0 Å². The molecule has 3 aromatic heterocycles. The summed E-state index contributed by atoms with van der Waals surface area (Å²) in [5, 5.41) is 4.49. The van der Waals surface area contributed by atoms with E-state index in [4.69, 9.17) is 0 Å². The van der Waals surface area contributed by atoms with Crippen LogP contribution >= 0.6 is 0 Å². The fourth-order valence-corrected chi connectivity index (χ4v) is 4.50. The lowest BCUT2D eigenvalue weighted by Gasteiger charge is -2.38.